The van der Waals surface area contributed by atoms with Crippen molar-refractivity contribution in [1.82, 2.24) is 0 Å². The molecule has 19 heavy (non-hydrogen) atoms. The molecule has 0 atom stereocenters. The summed E-state index contributed by atoms with van der Waals surface area (Å²) in [6.07, 6.45) is 0.483. The quantitative estimate of drug-likeness (QED) is 0.751. The molecule has 1 aromatic rings. The van der Waals surface area contributed by atoms with E-state index in [-0.39, 0.29) is 17.0 Å². The third-order valence-corrected chi connectivity index (χ3v) is 4.73. The number of esters is 1. The first-order chi connectivity index (χ1) is 8.80. The highest BCUT2D eigenvalue weighted by molar-refractivity contribution is 9.11. The highest BCUT2D eigenvalue weighted by atomic mass is 79.9. The van der Waals surface area contributed by atoms with Crippen molar-refractivity contribution in [3.8, 4) is 0 Å². The van der Waals surface area contributed by atoms with Crippen molar-refractivity contribution < 1.29 is 17.9 Å². The second-order valence-electron chi connectivity index (χ2n) is 3.72. The van der Waals surface area contributed by atoms with Crippen LogP contribution in [-0.4, -0.2) is 27.2 Å². The van der Waals surface area contributed by atoms with Crippen molar-refractivity contribution >= 4 is 53.5 Å². The van der Waals surface area contributed by atoms with Crippen LogP contribution >= 0.6 is 31.9 Å². The zero-order valence-corrected chi connectivity index (χ0v) is 14.4. The molecule has 0 aliphatic heterocycles. The van der Waals surface area contributed by atoms with Gasteiger partial charge < -0.3 is 4.74 Å². The number of sulfonamides is 1. The van der Waals surface area contributed by atoms with E-state index < -0.39 is 16.0 Å². The van der Waals surface area contributed by atoms with Crippen molar-refractivity contribution in [2.24, 2.45) is 0 Å². The van der Waals surface area contributed by atoms with E-state index in [1.54, 1.807) is 13.0 Å². The standard InChI is InChI=1S/C11H13Br2NO4S/c1-3-4-19(16,17)14-10-8(11(15)18-2)5-7(12)6-9(10)13/h5-6,14H,3-4H2,1-2H3. The molecule has 1 N–H and O–H groups in total. The minimum atomic E-state index is -3.49. The van der Waals surface area contributed by atoms with Gasteiger partial charge in [-0.25, -0.2) is 13.2 Å². The molecule has 1 aromatic carbocycles. The summed E-state index contributed by atoms with van der Waals surface area (Å²) in [5.41, 5.74) is 0.326. The fourth-order valence-electron chi connectivity index (χ4n) is 1.42. The molecule has 106 valence electrons. The van der Waals surface area contributed by atoms with E-state index in [1.807, 2.05) is 0 Å². The Labute approximate surface area is 129 Å². The van der Waals surface area contributed by atoms with Gasteiger partial charge in [0.25, 0.3) is 0 Å². The number of halogens is 2. The Morgan fingerprint density at radius 3 is 2.53 bits per heavy atom. The molecule has 0 fully saturated rings. The summed E-state index contributed by atoms with van der Waals surface area (Å²) >= 11 is 6.47. The number of hydrogen-bond acceptors (Lipinski definition) is 4. The summed E-state index contributed by atoms with van der Waals surface area (Å²) in [5.74, 6) is -0.632. The number of carbonyl (C=O) groups excluding carboxylic acids is 1. The Bertz CT molecular complexity index is 587. The number of nitrogens with one attached hydrogen (secondary N) is 1. The van der Waals surface area contributed by atoms with Crippen LogP contribution in [0.5, 0.6) is 0 Å². The number of hydrogen-bond donors (Lipinski definition) is 1. The lowest BCUT2D eigenvalue weighted by molar-refractivity contribution is 0.0602. The van der Waals surface area contributed by atoms with Gasteiger partial charge in [0.1, 0.15) is 0 Å². The zero-order chi connectivity index (χ0) is 14.6. The van der Waals surface area contributed by atoms with E-state index in [0.29, 0.717) is 15.4 Å². The van der Waals surface area contributed by atoms with E-state index in [9.17, 15) is 13.2 Å². The molecule has 0 bridgehead atoms. The van der Waals surface area contributed by atoms with Crippen LogP contribution in [-0.2, 0) is 14.8 Å². The van der Waals surface area contributed by atoms with Gasteiger partial charge in [-0.15, -0.1) is 0 Å². The summed E-state index contributed by atoms with van der Waals surface area (Å²) in [6, 6.07) is 3.15. The molecule has 1 rings (SSSR count). The first kappa shape index (κ1) is 16.5. The van der Waals surface area contributed by atoms with Crippen LogP contribution in [0.3, 0.4) is 0 Å². The van der Waals surface area contributed by atoms with Gasteiger partial charge >= 0.3 is 5.97 Å². The van der Waals surface area contributed by atoms with Gasteiger partial charge in [-0.1, -0.05) is 22.9 Å². The van der Waals surface area contributed by atoms with Crippen molar-refractivity contribution in [2.75, 3.05) is 17.6 Å². The van der Waals surface area contributed by atoms with E-state index in [2.05, 4.69) is 41.3 Å². The number of methoxy groups -OCH3 is 1. The monoisotopic (exact) mass is 413 g/mol. The second kappa shape index (κ2) is 6.71. The Balaban J connectivity index is 3.30. The SMILES string of the molecule is CCCS(=O)(=O)Nc1c(Br)cc(Br)cc1C(=O)OC. The zero-order valence-electron chi connectivity index (χ0n) is 10.4. The molecule has 0 saturated heterocycles. The molecule has 0 spiro atoms. The van der Waals surface area contributed by atoms with Crippen molar-refractivity contribution in [3.63, 3.8) is 0 Å². The molecular weight excluding hydrogens is 402 g/mol. The van der Waals surface area contributed by atoms with Gasteiger partial charge in [0, 0.05) is 8.95 Å². The predicted octanol–water partition coefficient (Wildman–Crippen LogP) is 3.15. The first-order valence-corrected chi connectivity index (χ1v) is 8.62. The summed E-state index contributed by atoms with van der Waals surface area (Å²) in [7, 11) is -2.25. The van der Waals surface area contributed by atoms with E-state index in [4.69, 9.17) is 0 Å². The van der Waals surface area contributed by atoms with E-state index >= 15 is 0 Å². The summed E-state index contributed by atoms with van der Waals surface area (Å²) in [5, 5.41) is 0. The van der Waals surface area contributed by atoms with E-state index in [1.165, 1.54) is 13.2 Å². The third-order valence-electron chi connectivity index (χ3n) is 2.19. The first-order valence-electron chi connectivity index (χ1n) is 5.38. The maximum atomic E-state index is 11.8. The Morgan fingerprint density at radius 2 is 2.00 bits per heavy atom. The average molecular weight is 415 g/mol. The molecule has 0 unspecified atom stereocenters. The molecule has 0 heterocycles. The van der Waals surface area contributed by atoms with Gasteiger partial charge in [-0.05, 0) is 34.5 Å². The fraction of sp³-hybridized carbons (Fsp3) is 0.364. The smallest absolute Gasteiger partial charge is 0.340 e. The van der Waals surface area contributed by atoms with Gasteiger partial charge in [0.15, 0.2) is 0 Å². The topological polar surface area (TPSA) is 72.5 Å². The van der Waals surface area contributed by atoms with Crippen LogP contribution in [0.4, 0.5) is 5.69 Å². The van der Waals surface area contributed by atoms with Crippen molar-refractivity contribution in [2.45, 2.75) is 13.3 Å². The van der Waals surface area contributed by atoms with E-state index in [0.717, 1.165) is 0 Å². The van der Waals surface area contributed by atoms with Gasteiger partial charge in [0.05, 0.1) is 24.1 Å². The largest absolute Gasteiger partial charge is 0.465 e. The fourth-order valence-corrected chi connectivity index (χ4v) is 4.05. The number of rotatable bonds is 5. The lowest BCUT2D eigenvalue weighted by Gasteiger charge is -2.13. The summed E-state index contributed by atoms with van der Waals surface area (Å²) < 4.78 is 31.8. The van der Waals surface area contributed by atoms with Crippen LogP contribution in [0.1, 0.15) is 23.7 Å². The van der Waals surface area contributed by atoms with Gasteiger partial charge in [0.2, 0.25) is 10.0 Å². The second-order valence-corrected chi connectivity index (χ2v) is 7.33. The highest BCUT2D eigenvalue weighted by Gasteiger charge is 2.20. The van der Waals surface area contributed by atoms with Crippen LogP contribution < -0.4 is 4.72 Å². The average Bonchev–Trinajstić information content (AvgIpc) is 2.31. The number of anilines is 1. The number of benzene rings is 1. The summed E-state index contributed by atoms with van der Waals surface area (Å²) in [6.45, 7) is 1.76. The molecule has 0 radical (unpaired) electrons. The Hall–Kier alpha value is -0.600. The molecular formula is C11H13Br2NO4S. The van der Waals surface area contributed by atoms with Crippen LogP contribution in [0.15, 0.2) is 21.1 Å². The minimum Gasteiger partial charge on any atom is -0.465 e. The normalized spacial score (nSPS) is 11.2. The molecule has 0 amide bonds. The molecule has 8 heteroatoms. The molecule has 0 aliphatic carbocycles. The number of carbonyl (C=O) groups is 1. The van der Waals surface area contributed by atoms with Crippen LogP contribution in [0, 0.1) is 0 Å². The maximum absolute atomic E-state index is 11.8. The Kier molecular flexibility index (Phi) is 5.82. The van der Waals surface area contributed by atoms with Gasteiger partial charge in [-0.2, -0.15) is 0 Å². The molecule has 0 saturated carbocycles. The highest BCUT2D eigenvalue weighted by Crippen LogP contribution is 2.32. The minimum absolute atomic E-state index is 0.0177. The van der Waals surface area contributed by atoms with Gasteiger partial charge in [-0.3, -0.25) is 4.72 Å². The van der Waals surface area contributed by atoms with Crippen molar-refractivity contribution in [1.29, 1.82) is 0 Å². The maximum Gasteiger partial charge on any atom is 0.340 e. The predicted molar refractivity (Wildman–Crippen MR) is 80.9 cm³/mol. The van der Waals surface area contributed by atoms with Crippen LogP contribution in [0.2, 0.25) is 0 Å². The van der Waals surface area contributed by atoms with Crippen molar-refractivity contribution in [3.05, 3.63) is 26.6 Å². The summed E-state index contributed by atoms with van der Waals surface area (Å²) in [4.78, 5) is 11.7. The molecule has 0 aromatic heterocycles. The van der Waals surface area contributed by atoms with Crippen LogP contribution in [0.25, 0.3) is 0 Å². The molecule has 5 nitrogen and oxygen atoms in total. The third kappa shape index (κ3) is 4.47. The Morgan fingerprint density at radius 1 is 1.37 bits per heavy atom. The lowest BCUT2D eigenvalue weighted by Crippen LogP contribution is -2.19. The molecule has 0 aliphatic rings. The number of ether oxygens (including phenoxy) is 1. The lowest BCUT2D eigenvalue weighted by atomic mass is 10.2.